The summed E-state index contributed by atoms with van der Waals surface area (Å²) in [4.78, 5) is 24.0. The summed E-state index contributed by atoms with van der Waals surface area (Å²) < 4.78 is 7.12. The molecule has 0 unspecified atom stereocenters. The summed E-state index contributed by atoms with van der Waals surface area (Å²) in [6, 6.07) is 7.34. The van der Waals surface area contributed by atoms with Gasteiger partial charge in [0.15, 0.2) is 0 Å². The van der Waals surface area contributed by atoms with E-state index in [-0.39, 0.29) is 11.7 Å². The van der Waals surface area contributed by atoms with Crippen LogP contribution in [0.3, 0.4) is 0 Å². The first-order valence-corrected chi connectivity index (χ1v) is 7.58. The molecule has 0 aliphatic heterocycles. The maximum Gasteiger partial charge on any atom is 0.268 e. The maximum absolute atomic E-state index is 11.3. The fourth-order valence-corrected chi connectivity index (χ4v) is 2.45. The van der Waals surface area contributed by atoms with Gasteiger partial charge in [-0.05, 0) is 17.7 Å². The number of aromatic nitrogens is 4. The van der Waals surface area contributed by atoms with Gasteiger partial charge >= 0.3 is 0 Å². The van der Waals surface area contributed by atoms with Crippen molar-refractivity contribution in [2.45, 2.75) is 6.04 Å². The van der Waals surface area contributed by atoms with Gasteiger partial charge in [0.25, 0.3) is 5.91 Å². The van der Waals surface area contributed by atoms with Crippen LogP contribution in [0.1, 0.15) is 27.9 Å². The van der Waals surface area contributed by atoms with Crippen LogP contribution in [0.4, 0.5) is 5.82 Å². The number of nitrogens with one attached hydrogen (secondary N) is 1. The lowest BCUT2D eigenvalue weighted by atomic mass is 10.1. The van der Waals surface area contributed by atoms with Gasteiger partial charge in [-0.25, -0.2) is 9.97 Å². The first kappa shape index (κ1) is 16.4. The summed E-state index contributed by atoms with van der Waals surface area (Å²) in [6.45, 7) is 0. The minimum absolute atomic E-state index is 0.0957. The van der Waals surface area contributed by atoms with Gasteiger partial charge in [0.2, 0.25) is 0 Å². The number of carbonyl (C=O) groups excluding carboxylic acids is 1. The Hall–Kier alpha value is -3.42. The summed E-state index contributed by atoms with van der Waals surface area (Å²) in [5.41, 5.74) is 6.33. The van der Waals surface area contributed by atoms with Crippen molar-refractivity contribution in [1.82, 2.24) is 19.5 Å². The van der Waals surface area contributed by atoms with Gasteiger partial charge in [0.1, 0.15) is 29.1 Å². The predicted molar refractivity (Wildman–Crippen MR) is 92.2 cm³/mol. The molecule has 25 heavy (non-hydrogen) atoms. The Bertz CT molecular complexity index is 875. The van der Waals surface area contributed by atoms with Crippen molar-refractivity contribution in [3.05, 3.63) is 66.1 Å². The minimum Gasteiger partial charge on any atom is -0.497 e. The molecule has 8 heteroatoms. The SMILES string of the molecule is COc1ccc([C@H](Nc2cncc(C(N)=O)n2)c2nccn2C)cc1. The van der Waals surface area contributed by atoms with Crippen LogP contribution in [0, 0.1) is 0 Å². The lowest BCUT2D eigenvalue weighted by Crippen LogP contribution is -2.19. The number of primary amides is 1. The summed E-state index contributed by atoms with van der Waals surface area (Å²) in [5.74, 6) is 1.35. The fourth-order valence-electron chi connectivity index (χ4n) is 2.45. The molecule has 3 aromatic rings. The summed E-state index contributed by atoms with van der Waals surface area (Å²) in [5, 5.41) is 3.27. The number of carbonyl (C=O) groups is 1. The van der Waals surface area contributed by atoms with E-state index < -0.39 is 5.91 Å². The third-order valence-corrected chi connectivity index (χ3v) is 3.75. The molecule has 0 saturated heterocycles. The van der Waals surface area contributed by atoms with Crippen molar-refractivity contribution in [2.24, 2.45) is 12.8 Å². The highest BCUT2D eigenvalue weighted by Gasteiger charge is 2.19. The number of aryl methyl sites for hydroxylation is 1. The number of nitrogens with zero attached hydrogens (tertiary/aromatic N) is 4. The Morgan fingerprint density at radius 2 is 2.04 bits per heavy atom. The van der Waals surface area contributed by atoms with Crippen LogP contribution in [-0.4, -0.2) is 32.5 Å². The Balaban J connectivity index is 1.98. The van der Waals surface area contributed by atoms with Crippen LogP contribution < -0.4 is 15.8 Å². The van der Waals surface area contributed by atoms with Gasteiger partial charge in [-0.1, -0.05) is 12.1 Å². The molecule has 2 heterocycles. The van der Waals surface area contributed by atoms with Gasteiger partial charge in [-0.15, -0.1) is 0 Å². The van der Waals surface area contributed by atoms with E-state index in [4.69, 9.17) is 10.5 Å². The van der Waals surface area contributed by atoms with E-state index >= 15 is 0 Å². The van der Waals surface area contributed by atoms with Crippen molar-refractivity contribution in [3.63, 3.8) is 0 Å². The van der Waals surface area contributed by atoms with Gasteiger partial charge in [0.05, 0.1) is 19.5 Å². The third-order valence-electron chi connectivity index (χ3n) is 3.75. The van der Waals surface area contributed by atoms with Crippen molar-refractivity contribution < 1.29 is 9.53 Å². The molecule has 1 amide bonds. The van der Waals surface area contributed by atoms with Crippen molar-refractivity contribution in [2.75, 3.05) is 12.4 Å². The number of anilines is 1. The standard InChI is InChI=1S/C17H18N6O2/c1-23-8-7-20-17(23)15(11-3-5-12(25-2)6-4-11)22-14-10-19-9-13(21-14)16(18)24/h3-10,15H,1-2H3,(H2,18,24)(H,21,22)/t15-/m0/s1. The largest absolute Gasteiger partial charge is 0.497 e. The molecule has 128 valence electrons. The Labute approximate surface area is 144 Å². The normalized spacial score (nSPS) is 11.8. The summed E-state index contributed by atoms with van der Waals surface area (Å²) >= 11 is 0. The first-order chi connectivity index (χ1) is 12.1. The van der Waals surface area contributed by atoms with E-state index in [1.54, 1.807) is 13.3 Å². The molecule has 0 radical (unpaired) electrons. The number of hydrogen-bond donors (Lipinski definition) is 2. The first-order valence-electron chi connectivity index (χ1n) is 7.58. The zero-order valence-electron chi connectivity index (χ0n) is 13.9. The molecular formula is C17H18N6O2. The summed E-state index contributed by atoms with van der Waals surface area (Å²) in [7, 11) is 3.53. The van der Waals surface area contributed by atoms with E-state index in [1.807, 2.05) is 42.1 Å². The molecule has 1 aromatic carbocycles. The van der Waals surface area contributed by atoms with Gasteiger partial charge in [-0.2, -0.15) is 0 Å². The number of hydrogen-bond acceptors (Lipinski definition) is 6. The lowest BCUT2D eigenvalue weighted by Gasteiger charge is -2.20. The molecule has 8 nitrogen and oxygen atoms in total. The molecule has 0 saturated carbocycles. The number of imidazole rings is 1. The van der Waals surface area contributed by atoms with Gasteiger partial charge in [0, 0.05) is 19.4 Å². The number of methoxy groups -OCH3 is 1. The molecular weight excluding hydrogens is 320 g/mol. The average molecular weight is 338 g/mol. The number of benzene rings is 1. The van der Waals surface area contributed by atoms with Crippen LogP contribution in [0.2, 0.25) is 0 Å². The van der Waals surface area contributed by atoms with Crippen LogP contribution in [-0.2, 0) is 7.05 Å². The number of ether oxygens (including phenoxy) is 1. The topological polar surface area (TPSA) is 108 Å². The molecule has 2 aromatic heterocycles. The number of amides is 1. The summed E-state index contributed by atoms with van der Waals surface area (Å²) in [6.07, 6.45) is 6.45. The Morgan fingerprint density at radius 1 is 1.28 bits per heavy atom. The Morgan fingerprint density at radius 3 is 2.64 bits per heavy atom. The van der Waals surface area contributed by atoms with Crippen LogP contribution >= 0.6 is 0 Å². The van der Waals surface area contributed by atoms with E-state index in [1.165, 1.54) is 12.4 Å². The highest BCUT2D eigenvalue weighted by Crippen LogP contribution is 2.26. The molecule has 0 aliphatic carbocycles. The molecule has 3 rings (SSSR count). The Kier molecular flexibility index (Phi) is 4.60. The molecule has 0 aliphatic rings. The van der Waals surface area contributed by atoms with Crippen LogP contribution in [0.25, 0.3) is 0 Å². The van der Waals surface area contributed by atoms with Crippen molar-refractivity contribution in [3.8, 4) is 5.75 Å². The molecule has 0 spiro atoms. The molecule has 1 atom stereocenters. The third kappa shape index (κ3) is 3.57. The fraction of sp³-hybridized carbons (Fsp3) is 0.176. The highest BCUT2D eigenvalue weighted by atomic mass is 16.5. The van der Waals surface area contributed by atoms with Crippen molar-refractivity contribution in [1.29, 1.82) is 0 Å². The lowest BCUT2D eigenvalue weighted by molar-refractivity contribution is 0.0995. The molecule has 3 N–H and O–H groups in total. The molecule has 0 fully saturated rings. The van der Waals surface area contributed by atoms with E-state index in [0.29, 0.717) is 5.82 Å². The van der Waals surface area contributed by atoms with Crippen LogP contribution in [0.15, 0.2) is 49.1 Å². The smallest absolute Gasteiger partial charge is 0.268 e. The zero-order valence-corrected chi connectivity index (χ0v) is 13.9. The minimum atomic E-state index is -0.630. The zero-order chi connectivity index (χ0) is 17.8. The predicted octanol–water partition coefficient (Wildman–Crippen LogP) is 1.52. The average Bonchev–Trinajstić information content (AvgIpc) is 3.06. The monoisotopic (exact) mass is 338 g/mol. The van der Waals surface area contributed by atoms with Gasteiger partial charge < -0.3 is 20.4 Å². The second-order valence-corrected chi connectivity index (χ2v) is 5.40. The molecule has 0 bridgehead atoms. The highest BCUT2D eigenvalue weighted by molar-refractivity contribution is 5.90. The quantitative estimate of drug-likeness (QED) is 0.705. The maximum atomic E-state index is 11.3. The number of rotatable bonds is 6. The number of nitrogens with two attached hydrogens (primary N) is 1. The second-order valence-electron chi connectivity index (χ2n) is 5.40. The van der Waals surface area contributed by atoms with E-state index in [2.05, 4.69) is 20.3 Å². The second kappa shape index (κ2) is 7.00. The van der Waals surface area contributed by atoms with E-state index in [0.717, 1.165) is 17.1 Å². The van der Waals surface area contributed by atoms with E-state index in [9.17, 15) is 4.79 Å². The van der Waals surface area contributed by atoms with Crippen molar-refractivity contribution >= 4 is 11.7 Å². The van der Waals surface area contributed by atoms with Gasteiger partial charge in [-0.3, -0.25) is 9.78 Å². The van der Waals surface area contributed by atoms with Crippen LogP contribution in [0.5, 0.6) is 5.75 Å².